The number of aromatic nitrogens is 4. The Balaban J connectivity index is 1.51. The lowest BCUT2D eigenvalue weighted by atomic mass is 10.1. The first kappa shape index (κ1) is 21.9. The summed E-state index contributed by atoms with van der Waals surface area (Å²) >= 11 is 6.28. The number of hydrogen-bond acceptors (Lipinski definition) is 6. The van der Waals surface area contributed by atoms with E-state index in [4.69, 9.17) is 26.1 Å². The van der Waals surface area contributed by atoms with Crippen molar-refractivity contribution in [2.45, 2.75) is 6.42 Å². The fourth-order valence-corrected chi connectivity index (χ4v) is 4.08. The number of nitrogens with one attached hydrogen (secondary N) is 1. The molecule has 0 spiro atoms. The van der Waals surface area contributed by atoms with Crippen LogP contribution in [0.5, 0.6) is 11.5 Å². The highest BCUT2D eigenvalue weighted by molar-refractivity contribution is 6.31. The Morgan fingerprint density at radius 1 is 1.00 bits per heavy atom. The van der Waals surface area contributed by atoms with Gasteiger partial charge in [0.15, 0.2) is 17.1 Å². The molecule has 0 aliphatic carbocycles. The highest BCUT2D eigenvalue weighted by Crippen LogP contribution is 2.31. The molecule has 172 valence electrons. The van der Waals surface area contributed by atoms with E-state index in [1.807, 2.05) is 30.3 Å². The van der Waals surface area contributed by atoms with Crippen molar-refractivity contribution < 1.29 is 13.9 Å². The summed E-state index contributed by atoms with van der Waals surface area (Å²) in [7, 11) is 3.23. The molecule has 34 heavy (non-hydrogen) atoms. The van der Waals surface area contributed by atoms with Crippen LogP contribution in [0.2, 0.25) is 5.02 Å². The summed E-state index contributed by atoms with van der Waals surface area (Å²) in [6, 6.07) is 17.6. The minimum atomic E-state index is -0.348. The van der Waals surface area contributed by atoms with Crippen LogP contribution in [-0.4, -0.2) is 40.6 Å². The zero-order valence-electron chi connectivity index (χ0n) is 18.5. The lowest BCUT2D eigenvalue weighted by Crippen LogP contribution is -2.08. The Morgan fingerprint density at radius 3 is 2.65 bits per heavy atom. The molecule has 0 saturated carbocycles. The number of rotatable bonds is 7. The number of benzene rings is 3. The van der Waals surface area contributed by atoms with E-state index >= 15 is 0 Å². The van der Waals surface area contributed by atoms with E-state index in [9.17, 15) is 4.39 Å². The molecule has 0 radical (unpaired) electrons. The second-order valence-corrected chi connectivity index (χ2v) is 8.11. The first-order chi connectivity index (χ1) is 16.6. The average molecular weight is 478 g/mol. The topological polar surface area (TPSA) is 73.6 Å². The van der Waals surface area contributed by atoms with Crippen molar-refractivity contribution in [3.8, 4) is 22.8 Å². The van der Waals surface area contributed by atoms with Crippen LogP contribution in [0.1, 0.15) is 5.56 Å². The molecule has 0 atom stereocenters. The van der Waals surface area contributed by atoms with Crippen LogP contribution in [0.4, 0.5) is 10.2 Å². The van der Waals surface area contributed by atoms with Crippen LogP contribution < -0.4 is 14.8 Å². The van der Waals surface area contributed by atoms with Crippen molar-refractivity contribution in [1.29, 1.82) is 0 Å². The molecule has 2 heterocycles. The standard InChI is InChI=1S/C25H21ClFN5O2/c1-33-21-9-6-15(12-22(21)34-2)10-11-28-24-19-14-17(26)7-8-20(19)32-25(29-24)23(30-31-32)16-4-3-5-18(27)13-16/h3-9,12-14H,10-11H2,1-2H3,(H,28,29). The second-order valence-electron chi connectivity index (χ2n) is 7.67. The summed E-state index contributed by atoms with van der Waals surface area (Å²) in [6.45, 7) is 0.608. The predicted molar refractivity (Wildman–Crippen MR) is 130 cm³/mol. The van der Waals surface area contributed by atoms with Gasteiger partial charge in [0, 0.05) is 22.5 Å². The van der Waals surface area contributed by atoms with Crippen molar-refractivity contribution in [3.63, 3.8) is 0 Å². The smallest absolute Gasteiger partial charge is 0.186 e. The highest BCUT2D eigenvalue weighted by atomic mass is 35.5. The zero-order chi connectivity index (χ0) is 23.7. The summed E-state index contributed by atoms with van der Waals surface area (Å²) in [5.41, 5.74) is 3.50. The van der Waals surface area contributed by atoms with Crippen LogP contribution in [0, 0.1) is 5.82 Å². The molecule has 0 bridgehead atoms. The Labute approximate surface area is 200 Å². The molecular weight excluding hydrogens is 457 g/mol. The maximum atomic E-state index is 13.8. The molecule has 0 fully saturated rings. The van der Waals surface area contributed by atoms with E-state index in [-0.39, 0.29) is 5.82 Å². The van der Waals surface area contributed by atoms with Gasteiger partial charge in [-0.05, 0) is 54.4 Å². The van der Waals surface area contributed by atoms with Crippen molar-refractivity contribution in [2.24, 2.45) is 0 Å². The third kappa shape index (κ3) is 4.08. The second kappa shape index (κ2) is 9.15. The first-order valence-electron chi connectivity index (χ1n) is 10.6. The van der Waals surface area contributed by atoms with Crippen LogP contribution in [0.15, 0.2) is 60.7 Å². The van der Waals surface area contributed by atoms with Gasteiger partial charge in [0.25, 0.3) is 0 Å². The average Bonchev–Trinajstić information content (AvgIpc) is 3.27. The van der Waals surface area contributed by atoms with Crippen molar-refractivity contribution >= 4 is 34.0 Å². The monoisotopic (exact) mass is 477 g/mol. The van der Waals surface area contributed by atoms with Crippen LogP contribution in [-0.2, 0) is 6.42 Å². The van der Waals surface area contributed by atoms with Gasteiger partial charge in [0.05, 0.1) is 19.7 Å². The number of nitrogens with zero attached hydrogens (tertiary/aromatic N) is 4. The molecule has 0 aliphatic heterocycles. The number of anilines is 1. The third-order valence-electron chi connectivity index (χ3n) is 5.56. The van der Waals surface area contributed by atoms with Crippen molar-refractivity contribution in [3.05, 3.63) is 77.1 Å². The quantitative estimate of drug-likeness (QED) is 0.338. The summed E-state index contributed by atoms with van der Waals surface area (Å²) in [5, 5.41) is 13.4. The van der Waals surface area contributed by atoms with Gasteiger partial charge in [-0.2, -0.15) is 4.52 Å². The molecule has 0 amide bonds. The van der Waals surface area contributed by atoms with Crippen LogP contribution in [0.3, 0.4) is 0 Å². The van der Waals surface area contributed by atoms with Gasteiger partial charge in [-0.25, -0.2) is 9.37 Å². The van der Waals surface area contributed by atoms with Crippen LogP contribution >= 0.6 is 11.6 Å². The number of methoxy groups -OCH3 is 2. The van der Waals surface area contributed by atoms with Crippen molar-refractivity contribution in [1.82, 2.24) is 19.8 Å². The van der Waals surface area contributed by atoms with Gasteiger partial charge in [0.2, 0.25) is 0 Å². The fraction of sp³-hybridized carbons (Fsp3) is 0.160. The van der Waals surface area contributed by atoms with Gasteiger partial charge in [-0.3, -0.25) is 0 Å². The maximum Gasteiger partial charge on any atom is 0.186 e. The van der Waals surface area contributed by atoms with E-state index in [1.54, 1.807) is 36.9 Å². The Hall–Kier alpha value is -3.91. The first-order valence-corrected chi connectivity index (χ1v) is 11.0. The number of fused-ring (bicyclic) bond motifs is 3. The number of ether oxygens (including phenoxy) is 2. The number of hydrogen-bond donors (Lipinski definition) is 1. The molecular formula is C25H21ClFN5O2. The van der Waals surface area contributed by atoms with Gasteiger partial charge in [-0.1, -0.05) is 35.0 Å². The van der Waals surface area contributed by atoms with Gasteiger partial charge < -0.3 is 14.8 Å². The van der Waals surface area contributed by atoms with Crippen LogP contribution in [0.25, 0.3) is 27.8 Å². The van der Waals surface area contributed by atoms with Gasteiger partial charge >= 0.3 is 0 Å². The summed E-state index contributed by atoms with van der Waals surface area (Å²) in [5.74, 6) is 1.66. The Kier molecular flexibility index (Phi) is 5.90. The minimum Gasteiger partial charge on any atom is -0.493 e. The highest BCUT2D eigenvalue weighted by Gasteiger charge is 2.16. The Bertz CT molecular complexity index is 1500. The fourth-order valence-electron chi connectivity index (χ4n) is 3.91. The third-order valence-corrected chi connectivity index (χ3v) is 5.79. The molecule has 1 N–H and O–H groups in total. The molecule has 0 unspecified atom stereocenters. The van der Waals surface area contributed by atoms with Gasteiger partial charge in [0.1, 0.15) is 17.3 Å². The predicted octanol–water partition coefficient (Wildman–Crippen LogP) is 5.41. The normalized spacial score (nSPS) is 11.2. The molecule has 5 aromatic rings. The molecule has 0 aliphatic rings. The molecule has 0 saturated heterocycles. The molecule has 7 nitrogen and oxygen atoms in total. The molecule has 5 rings (SSSR count). The number of halogens is 2. The molecule has 3 aromatic carbocycles. The zero-order valence-corrected chi connectivity index (χ0v) is 19.3. The largest absolute Gasteiger partial charge is 0.493 e. The van der Waals surface area contributed by atoms with E-state index in [1.165, 1.54) is 12.1 Å². The summed E-state index contributed by atoms with van der Waals surface area (Å²) < 4.78 is 26.2. The lowest BCUT2D eigenvalue weighted by Gasteiger charge is -2.12. The molecule has 2 aromatic heterocycles. The molecule has 9 heteroatoms. The summed E-state index contributed by atoms with van der Waals surface area (Å²) in [4.78, 5) is 4.80. The van der Waals surface area contributed by atoms with E-state index in [2.05, 4.69) is 15.6 Å². The van der Waals surface area contributed by atoms with E-state index in [0.717, 1.165) is 22.9 Å². The maximum absolute atomic E-state index is 13.8. The SMILES string of the molecule is COc1ccc(CCNc2nc3c(-c4cccc(F)c4)nnn3c3ccc(Cl)cc23)cc1OC. The van der Waals surface area contributed by atoms with Crippen molar-refractivity contribution in [2.75, 3.05) is 26.1 Å². The lowest BCUT2D eigenvalue weighted by molar-refractivity contribution is 0.354. The van der Waals surface area contributed by atoms with E-state index < -0.39 is 0 Å². The Morgan fingerprint density at radius 2 is 1.85 bits per heavy atom. The summed E-state index contributed by atoms with van der Waals surface area (Å²) in [6.07, 6.45) is 0.726. The minimum absolute atomic E-state index is 0.348. The van der Waals surface area contributed by atoms with Gasteiger partial charge in [-0.15, -0.1) is 5.10 Å². The van der Waals surface area contributed by atoms with E-state index in [0.29, 0.717) is 45.8 Å².